The molecule has 1 rings (SSSR count). The van der Waals surface area contributed by atoms with Crippen molar-refractivity contribution < 1.29 is 18.3 Å². The van der Waals surface area contributed by atoms with Gasteiger partial charge in [-0.05, 0) is 31.0 Å². The predicted octanol–water partition coefficient (Wildman–Crippen LogP) is 2.16. The highest BCUT2D eigenvalue weighted by Crippen LogP contribution is 2.14. The number of ether oxygens (including phenoxy) is 2. The summed E-state index contributed by atoms with van der Waals surface area (Å²) in [6.07, 6.45) is -1.64. The van der Waals surface area contributed by atoms with Gasteiger partial charge in [0.25, 0.3) is 6.43 Å². The van der Waals surface area contributed by atoms with E-state index in [2.05, 4.69) is 10.3 Å². The molecule has 5 nitrogen and oxygen atoms in total. The Balaban J connectivity index is 2.35. The van der Waals surface area contributed by atoms with Crippen molar-refractivity contribution in [1.29, 1.82) is 0 Å². The number of rotatable bonds is 10. The topological polar surface area (TPSA) is 68.9 Å². The number of hydrogen-bond donors (Lipinski definition) is 2. The number of hydrogen-bond acceptors (Lipinski definition) is 3. The van der Waals surface area contributed by atoms with E-state index in [1.54, 1.807) is 18.2 Å². The Hall–Kier alpha value is -1.89. The minimum atomic E-state index is -2.49. The average Bonchev–Trinajstić information content (AvgIpc) is 2.51. The molecule has 0 unspecified atom stereocenters. The van der Waals surface area contributed by atoms with Crippen molar-refractivity contribution in [2.75, 3.05) is 26.4 Å². The molecular formula is C15H23F2N3O2. The maximum atomic E-state index is 12.1. The van der Waals surface area contributed by atoms with E-state index >= 15 is 0 Å². The molecule has 124 valence electrons. The highest BCUT2D eigenvalue weighted by atomic mass is 19.3. The van der Waals surface area contributed by atoms with Crippen molar-refractivity contribution in [1.82, 2.24) is 5.32 Å². The van der Waals surface area contributed by atoms with Crippen molar-refractivity contribution in [3.05, 3.63) is 29.8 Å². The van der Waals surface area contributed by atoms with Crippen molar-refractivity contribution in [3.8, 4) is 5.75 Å². The fourth-order valence-corrected chi connectivity index (χ4v) is 1.66. The molecule has 1 aromatic carbocycles. The van der Waals surface area contributed by atoms with E-state index in [9.17, 15) is 8.78 Å². The molecule has 22 heavy (non-hydrogen) atoms. The molecule has 0 spiro atoms. The van der Waals surface area contributed by atoms with E-state index in [0.29, 0.717) is 38.0 Å². The van der Waals surface area contributed by atoms with Gasteiger partial charge in [-0.2, -0.15) is 0 Å². The lowest BCUT2D eigenvalue weighted by Crippen LogP contribution is -2.32. The monoisotopic (exact) mass is 315 g/mol. The van der Waals surface area contributed by atoms with E-state index in [0.717, 1.165) is 12.0 Å². The summed E-state index contributed by atoms with van der Waals surface area (Å²) in [7, 11) is 0. The smallest absolute Gasteiger partial charge is 0.272 e. The summed E-state index contributed by atoms with van der Waals surface area (Å²) in [5, 5.41) is 2.98. The van der Waals surface area contributed by atoms with Crippen molar-refractivity contribution in [3.63, 3.8) is 0 Å². The molecule has 0 aliphatic heterocycles. The molecule has 0 atom stereocenters. The van der Waals surface area contributed by atoms with Crippen LogP contribution in [-0.2, 0) is 11.3 Å². The lowest BCUT2D eigenvalue weighted by atomic mass is 10.2. The third kappa shape index (κ3) is 8.41. The number of halogens is 2. The first-order chi connectivity index (χ1) is 10.6. The van der Waals surface area contributed by atoms with E-state index in [-0.39, 0.29) is 0 Å². The van der Waals surface area contributed by atoms with Crippen LogP contribution in [0.5, 0.6) is 5.75 Å². The third-order valence-electron chi connectivity index (χ3n) is 2.68. The molecule has 0 aliphatic carbocycles. The number of nitrogens with two attached hydrogens (primary N) is 1. The molecule has 0 bridgehead atoms. The fraction of sp³-hybridized carbons (Fsp3) is 0.533. The molecule has 3 N–H and O–H groups in total. The zero-order valence-corrected chi connectivity index (χ0v) is 12.7. The van der Waals surface area contributed by atoms with Crippen LogP contribution in [0, 0.1) is 0 Å². The van der Waals surface area contributed by atoms with Crippen LogP contribution in [-0.4, -0.2) is 38.8 Å². The summed E-state index contributed by atoms with van der Waals surface area (Å²) in [5.74, 6) is 0.742. The Morgan fingerprint density at radius 2 is 2.23 bits per heavy atom. The van der Waals surface area contributed by atoms with E-state index in [4.69, 9.17) is 15.2 Å². The van der Waals surface area contributed by atoms with Gasteiger partial charge < -0.3 is 20.5 Å². The van der Waals surface area contributed by atoms with Gasteiger partial charge >= 0.3 is 0 Å². The summed E-state index contributed by atoms with van der Waals surface area (Å²) >= 11 is 0. The zero-order valence-electron chi connectivity index (χ0n) is 12.7. The number of guanidine groups is 1. The van der Waals surface area contributed by atoms with Gasteiger partial charge in [0.15, 0.2) is 5.96 Å². The Labute approximate surface area is 129 Å². The Morgan fingerprint density at radius 3 is 2.95 bits per heavy atom. The highest BCUT2D eigenvalue weighted by Gasteiger charge is 2.04. The molecule has 0 heterocycles. The molecule has 7 heteroatoms. The van der Waals surface area contributed by atoms with Gasteiger partial charge in [0.05, 0.1) is 6.54 Å². The average molecular weight is 315 g/mol. The largest absolute Gasteiger partial charge is 0.488 e. The maximum Gasteiger partial charge on any atom is 0.272 e. The minimum absolute atomic E-state index is 0.343. The van der Waals surface area contributed by atoms with E-state index in [1.165, 1.54) is 0 Å². The van der Waals surface area contributed by atoms with Crippen LogP contribution in [0.25, 0.3) is 0 Å². The molecule has 0 saturated carbocycles. The first-order valence-electron chi connectivity index (χ1n) is 7.23. The molecule has 1 aromatic rings. The van der Waals surface area contributed by atoms with Gasteiger partial charge in [-0.1, -0.05) is 12.1 Å². The molecule has 0 aromatic heterocycles. The normalized spacial score (nSPS) is 11.7. The van der Waals surface area contributed by atoms with Crippen LogP contribution in [0.2, 0.25) is 0 Å². The number of alkyl halides is 2. The zero-order chi connectivity index (χ0) is 16.2. The first kappa shape index (κ1) is 18.2. The van der Waals surface area contributed by atoms with Crippen LogP contribution in [0.3, 0.4) is 0 Å². The van der Waals surface area contributed by atoms with Gasteiger partial charge in [-0.15, -0.1) is 0 Å². The summed E-state index contributed by atoms with van der Waals surface area (Å²) in [6, 6.07) is 6.87. The van der Waals surface area contributed by atoms with Gasteiger partial charge in [-0.3, -0.25) is 0 Å². The fourth-order valence-electron chi connectivity index (χ4n) is 1.66. The molecular weight excluding hydrogens is 292 g/mol. The standard InChI is InChI=1S/C15H23F2N3O2/c1-2-21-8-4-7-19-15(18)20-10-12-5-3-6-13(9-12)22-11-14(16)17/h3,5-6,9,14H,2,4,7-8,10-11H2,1H3,(H3,18,19,20). The van der Waals surface area contributed by atoms with Crippen LogP contribution >= 0.6 is 0 Å². The summed E-state index contributed by atoms with van der Waals surface area (Å²) in [6.45, 7) is 3.76. The summed E-state index contributed by atoms with van der Waals surface area (Å²) < 4.78 is 34.3. The SMILES string of the molecule is CCOCCCNC(N)=NCc1cccc(OCC(F)F)c1. The van der Waals surface area contributed by atoms with Crippen molar-refractivity contribution in [2.45, 2.75) is 26.3 Å². The van der Waals surface area contributed by atoms with Gasteiger partial charge in [0, 0.05) is 19.8 Å². The van der Waals surface area contributed by atoms with Crippen LogP contribution < -0.4 is 15.8 Å². The Kier molecular flexibility index (Phi) is 8.90. The molecule has 0 fully saturated rings. The van der Waals surface area contributed by atoms with Gasteiger partial charge in [0.2, 0.25) is 0 Å². The number of aliphatic imine (C=N–C) groups is 1. The molecule has 0 aliphatic rings. The van der Waals surface area contributed by atoms with E-state index < -0.39 is 13.0 Å². The summed E-state index contributed by atoms with van der Waals surface area (Å²) in [4.78, 5) is 4.19. The van der Waals surface area contributed by atoms with E-state index in [1.807, 2.05) is 13.0 Å². The Morgan fingerprint density at radius 1 is 1.41 bits per heavy atom. The maximum absolute atomic E-state index is 12.1. The molecule has 0 radical (unpaired) electrons. The van der Waals surface area contributed by atoms with Crippen LogP contribution in [0.15, 0.2) is 29.3 Å². The highest BCUT2D eigenvalue weighted by molar-refractivity contribution is 5.77. The first-order valence-corrected chi connectivity index (χ1v) is 7.23. The predicted molar refractivity (Wildman–Crippen MR) is 82.4 cm³/mol. The van der Waals surface area contributed by atoms with Crippen molar-refractivity contribution in [2.24, 2.45) is 10.7 Å². The van der Waals surface area contributed by atoms with Crippen molar-refractivity contribution >= 4 is 5.96 Å². The Bertz CT molecular complexity index is 456. The lowest BCUT2D eigenvalue weighted by molar-refractivity contribution is 0.0818. The second-order valence-corrected chi connectivity index (χ2v) is 4.53. The number of nitrogens with one attached hydrogen (secondary N) is 1. The molecule has 0 amide bonds. The second-order valence-electron chi connectivity index (χ2n) is 4.53. The second kappa shape index (κ2) is 10.8. The quantitative estimate of drug-likeness (QED) is 0.394. The minimum Gasteiger partial charge on any atom is -0.488 e. The summed E-state index contributed by atoms with van der Waals surface area (Å²) in [5.41, 5.74) is 6.58. The van der Waals surface area contributed by atoms with Gasteiger partial charge in [0.1, 0.15) is 12.4 Å². The third-order valence-corrected chi connectivity index (χ3v) is 2.68. The van der Waals surface area contributed by atoms with Crippen LogP contribution in [0.1, 0.15) is 18.9 Å². The van der Waals surface area contributed by atoms with Gasteiger partial charge in [-0.25, -0.2) is 13.8 Å². The van der Waals surface area contributed by atoms with Crippen LogP contribution in [0.4, 0.5) is 8.78 Å². The lowest BCUT2D eigenvalue weighted by Gasteiger charge is -2.08. The number of benzene rings is 1. The number of nitrogens with zero attached hydrogens (tertiary/aromatic N) is 1. The molecule has 0 saturated heterocycles.